The molecule has 0 radical (unpaired) electrons. The van der Waals surface area contributed by atoms with Gasteiger partial charge in [0.15, 0.2) is 11.5 Å². The predicted octanol–water partition coefficient (Wildman–Crippen LogP) is 3.67. The Morgan fingerprint density at radius 3 is 2.35 bits per heavy atom. The summed E-state index contributed by atoms with van der Waals surface area (Å²) in [5.74, 6) is 0.319. The maximum atomic E-state index is 11.1. The van der Waals surface area contributed by atoms with Crippen molar-refractivity contribution in [1.29, 1.82) is 0 Å². The van der Waals surface area contributed by atoms with Crippen LogP contribution in [0.5, 0.6) is 11.5 Å². The Morgan fingerprint density at radius 1 is 1.35 bits per heavy atom. The van der Waals surface area contributed by atoms with Crippen molar-refractivity contribution in [2.45, 2.75) is 39.0 Å². The van der Waals surface area contributed by atoms with E-state index in [1.165, 1.54) is 0 Å². The Kier molecular flexibility index (Phi) is 5.28. The van der Waals surface area contributed by atoms with Crippen LogP contribution in [0.1, 0.15) is 38.3 Å². The SMILES string of the molecule is CCc1c(OC)c(OC)cc(Cl)c1C(C)(C)CC(=O)O. The van der Waals surface area contributed by atoms with Crippen molar-refractivity contribution in [3.63, 3.8) is 0 Å². The molecule has 1 N–H and O–H groups in total. The van der Waals surface area contributed by atoms with E-state index >= 15 is 0 Å². The Labute approximate surface area is 124 Å². The van der Waals surface area contributed by atoms with E-state index < -0.39 is 11.4 Å². The molecule has 0 saturated carbocycles. The lowest BCUT2D eigenvalue weighted by atomic mass is 9.78. The zero-order valence-electron chi connectivity index (χ0n) is 12.5. The molecule has 0 heterocycles. The number of methoxy groups -OCH3 is 2. The van der Waals surface area contributed by atoms with Gasteiger partial charge in [-0.05, 0) is 12.0 Å². The summed E-state index contributed by atoms with van der Waals surface area (Å²) in [6, 6.07) is 1.68. The minimum absolute atomic E-state index is 0.00476. The zero-order chi connectivity index (χ0) is 15.5. The number of ether oxygens (including phenoxy) is 2. The number of hydrogen-bond donors (Lipinski definition) is 1. The third kappa shape index (κ3) is 3.18. The lowest BCUT2D eigenvalue weighted by molar-refractivity contribution is -0.138. The van der Waals surface area contributed by atoms with Gasteiger partial charge in [-0.2, -0.15) is 0 Å². The van der Waals surface area contributed by atoms with Gasteiger partial charge in [0.2, 0.25) is 0 Å². The molecular weight excluding hydrogens is 280 g/mol. The Morgan fingerprint density at radius 2 is 1.95 bits per heavy atom. The van der Waals surface area contributed by atoms with E-state index in [1.807, 2.05) is 20.8 Å². The van der Waals surface area contributed by atoms with Gasteiger partial charge in [-0.1, -0.05) is 32.4 Å². The van der Waals surface area contributed by atoms with E-state index in [0.29, 0.717) is 22.9 Å². The highest BCUT2D eigenvalue weighted by molar-refractivity contribution is 6.31. The van der Waals surface area contributed by atoms with Crippen molar-refractivity contribution < 1.29 is 19.4 Å². The third-order valence-corrected chi connectivity index (χ3v) is 3.64. The Bertz CT molecular complexity index is 509. The van der Waals surface area contributed by atoms with E-state index in [0.717, 1.165) is 11.1 Å². The van der Waals surface area contributed by atoms with Crippen molar-refractivity contribution in [2.75, 3.05) is 14.2 Å². The van der Waals surface area contributed by atoms with Gasteiger partial charge in [-0.25, -0.2) is 0 Å². The number of carboxylic acids is 1. The largest absolute Gasteiger partial charge is 0.493 e. The van der Waals surface area contributed by atoms with Crippen LogP contribution in [0, 0.1) is 0 Å². The molecule has 0 unspecified atom stereocenters. The molecule has 4 nitrogen and oxygen atoms in total. The van der Waals surface area contributed by atoms with E-state index in [2.05, 4.69) is 0 Å². The molecule has 0 aliphatic heterocycles. The summed E-state index contributed by atoms with van der Waals surface area (Å²) in [6.45, 7) is 5.72. The monoisotopic (exact) mass is 300 g/mol. The van der Waals surface area contributed by atoms with Crippen LogP contribution in [0.2, 0.25) is 5.02 Å². The number of carbonyl (C=O) groups is 1. The molecule has 1 aromatic carbocycles. The van der Waals surface area contributed by atoms with E-state index in [1.54, 1.807) is 20.3 Å². The molecule has 0 aliphatic rings. The van der Waals surface area contributed by atoms with E-state index in [9.17, 15) is 4.79 Å². The average Bonchev–Trinajstić information content (AvgIpc) is 2.34. The second-order valence-electron chi connectivity index (χ2n) is 5.26. The standard InChI is InChI=1S/C15H21ClO4/c1-6-9-13(15(2,3)8-12(17)18)10(16)7-11(19-4)14(9)20-5/h7H,6,8H2,1-5H3,(H,17,18). The smallest absolute Gasteiger partial charge is 0.304 e. The van der Waals surface area contributed by atoms with Gasteiger partial charge in [0.05, 0.1) is 20.6 Å². The number of rotatable bonds is 6. The average molecular weight is 301 g/mol. The van der Waals surface area contributed by atoms with Gasteiger partial charge >= 0.3 is 5.97 Å². The second-order valence-corrected chi connectivity index (χ2v) is 5.66. The van der Waals surface area contributed by atoms with E-state index in [-0.39, 0.29) is 6.42 Å². The number of hydrogen-bond acceptors (Lipinski definition) is 3. The third-order valence-electron chi connectivity index (χ3n) is 3.34. The first-order valence-corrected chi connectivity index (χ1v) is 6.81. The number of halogens is 1. The quantitative estimate of drug-likeness (QED) is 0.871. The molecule has 0 atom stereocenters. The minimum Gasteiger partial charge on any atom is -0.493 e. The first-order valence-electron chi connectivity index (χ1n) is 6.44. The van der Waals surface area contributed by atoms with Gasteiger partial charge in [0.1, 0.15) is 0 Å². The molecule has 0 aromatic heterocycles. The molecule has 5 heteroatoms. The van der Waals surface area contributed by atoms with Gasteiger partial charge in [-0.15, -0.1) is 0 Å². The highest BCUT2D eigenvalue weighted by Crippen LogP contribution is 2.44. The molecule has 112 valence electrons. The summed E-state index contributed by atoms with van der Waals surface area (Å²) in [7, 11) is 3.12. The Hall–Kier alpha value is -1.42. The van der Waals surface area contributed by atoms with Crippen molar-refractivity contribution in [2.24, 2.45) is 0 Å². The molecular formula is C15H21ClO4. The fourth-order valence-corrected chi connectivity index (χ4v) is 3.04. The Balaban J connectivity index is 3.57. The van der Waals surface area contributed by atoms with Gasteiger partial charge in [-0.3, -0.25) is 4.79 Å². The molecule has 1 rings (SSSR count). The topological polar surface area (TPSA) is 55.8 Å². The summed E-state index contributed by atoms with van der Waals surface area (Å²) in [4.78, 5) is 11.1. The number of aliphatic carboxylic acids is 1. The maximum Gasteiger partial charge on any atom is 0.304 e. The summed E-state index contributed by atoms with van der Waals surface area (Å²) in [5, 5.41) is 9.60. The summed E-state index contributed by atoms with van der Waals surface area (Å²) < 4.78 is 10.7. The fourth-order valence-electron chi connectivity index (χ4n) is 2.57. The molecule has 0 amide bonds. The van der Waals surface area contributed by atoms with Crippen LogP contribution in [0.25, 0.3) is 0 Å². The van der Waals surface area contributed by atoms with Crippen LogP contribution >= 0.6 is 11.6 Å². The number of benzene rings is 1. The van der Waals surface area contributed by atoms with Crippen molar-refractivity contribution in [3.8, 4) is 11.5 Å². The van der Waals surface area contributed by atoms with Crippen LogP contribution in [0.3, 0.4) is 0 Å². The summed E-state index contributed by atoms with van der Waals surface area (Å²) in [6.07, 6.45) is 0.674. The zero-order valence-corrected chi connectivity index (χ0v) is 13.3. The molecule has 20 heavy (non-hydrogen) atoms. The predicted molar refractivity (Wildman–Crippen MR) is 79.2 cm³/mol. The van der Waals surface area contributed by atoms with Gasteiger partial charge in [0, 0.05) is 22.1 Å². The van der Waals surface area contributed by atoms with Gasteiger partial charge in [0.25, 0.3) is 0 Å². The molecule has 0 saturated heterocycles. The highest BCUT2D eigenvalue weighted by Gasteiger charge is 2.31. The highest BCUT2D eigenvalue weighted by atomic mass is 35.5. The van der Waals surface area contributed by atoms with Crippen LogP contribution in [-0.4, -0.2) is 25.3 Å². The van der Waals surface area contributed by atoms with Crippen molar-refractivity contribution in [1.82, 2.24) is 0 Å². The molecule has 0 spiro atoms. The minimum atomic E-state index is -0.858. The lowest BCUT2D eigenvalue weighted by Gasteiger charge is -2.29. The lowest BCUT2D eigenvalue weighted by Crippen LogP contribution is -2.24. The molecule has 1 aromatic rings. The van der Waals surface area contributed by atoms with E-state index in [4.69, 9.17) is 26.2 Å². The normalized spacial score (nSPS) is 11.3. The summed E-state index contributed by atoms with van der Waals surface area (Å²) in [5.41, 5.74) is 1.11. The fraction of sp³-hybridized carbons (Fsp3) is 0.533. The molecule has 0 fully saturated rings. The summed E-state index contributed by atoms with van der Waals surface area (Å²) >= 11 is 6.36. The number of carboxylic acid groups (broad SMARTS) is 1. The van der Waals surface area contributed by atoms with Crippen LogP contribution in [-0.2, 0) is 16.6 Å². The van der Waals surface area contributed by atoms with Crippen LogP contribution < -0.4 is 9.47 Å². The van der Waals surface area contributed by atoms with Gasteiger partial charge < -0.3 is 14.6 Å². The van der Waals surface area contributed by atoms with Crippen LogP contribution in [0.15, 0.2) is 6.07 Å². The van der Waals surface area contributed by atoms with Crippen LogP contribution in [0.4, 0.5) is 0 Å². The second kappa shape index (κ2) is 6.35. The molecule has 0 bridgehead atoms. The van der Waals surface area contributed by atoms with Crippen molar-refractivity contribution in [3.05, 3.63) is 22.2 Å². The first kappa shape index (κ1) is 16.6. The first-order chi connectivity index (χ1) is 9.28. The van der Waals surface area contributed by atoms with Crippen molar-refractivity contribution >= 4 is 17.6 Å². The molecule has 0 aliphatic carbocycles. The maximum absolute atomic E-state index is 11.1.